The van der Waals surface area contributed by atoms with E-state index in [9.17, 15) is 5.11 Å². The molecule has 1 aromatic rings. The van der Waals surface area contributed by atoms with Crippen molar-refractivity contribution in [3.05, 3.63) is 35.4 Å². The fourth-order valence-electron chi connectivity index (χ4n) is 1.19. The van der Waals surface area contributed by atoms with Crippen molar-refractivity contribution in [3.8, 4) is 0 Å². The predicted molar refractivity (Wildman–Crippen MR) is 59.3 cm³/mol. The van der Waals surface area contributed by atoms with Crippen molar-refractivity contribution in [2.24, 2.45) is 0 Å². The van der Waals surface area contributed by atoms with Crippen molar-refractivity contribution in [1.29, 1.82) is 0 Å². The zero-order valence-electron chi connectivity index (χ0n) is 8.00. The normalized spacial score (nSPS) is 13.3. The maximum absolute atomic E-state index is 9.51. The van der Waals surface area contributed by atoms with E-state index in [1.54, 1.807) is 0 Å². The Hall–Kier alpha value is -0.340. The maximum atomic E-state index is 9.51. The lowest BCUT2D eigenvalue weighted by Gasteiger charge is -2.09. The second kappa shape index (κ2) is 4.77. The first-order valence-electron chi connectivity index (χ1n) is 4.49. The molecule has 0 bridgehead atoms. The van der Waals surface area contributed by atoms with E-state index in [0.29, 0.717) is 11.2 Å². The molecule has 1 nitrogen and oxygen atoms in total. The molecule has 1 rings (SSSR count). The molecule has 1 unspecified atom stereocenters. The van der Waals surface area contributed by atoms with Crippen LogP contribution >= 0.6 is 15.9 Å². The molecule has 0 radical (unpaired) electrons. The van der Waals surface area contributed by atoms with E-state index < -0.39 is 0 Å². The summed E-state index contributed by atoms with van der Waals surface area (Å²) in [5, 5.41) is 10.1. The first-order chi connectivity index (χ1) is 6.15. The summed E-state index contributed by atoms with van der Waals surface area (Å²) in [6.07, 6.45) is -0.388. The van der Waals surface area contributed by atoms with Crippen LogP contribution in [0.2, 0.25) is 0 Å². The lowest BCUT2D eigenvalue weighted by Crippen LogP contribution is -1.98. The first-order valence-corrected chi connectivity index (χ1v) is 5.61. The van der Waals surface area contributed by atoms with Gasteiger partial charge in [-0.15, -0.1) is 0 Å². The Labute approximate surface area is 87.9 Å². The third-order valence-electron chi connectivity index (χ3n) is 2.13. The number of alkyl halides is 1. The van der Waals surface area contributed by atoms with Crippen LogP contribution in [-0.2, 0) is 0 Å². The lowest BCUT2D eigenvalue weighted by molar-refractivity contribution is 0.205. The molecule has 2 heteroatoms. The summed E-state index contributed by atoms with van der Waals surface area (Å²) in [5.41, 5.74) is 2.28. The molecule has 13 heavy (non-hydrogen) atoms. The van der Waals surface area contributed by atoms with Crippen molar-refractivity contribution >= 4 is 15.9 Å². The van der Waals surface area contributed by atoms with Gasteiger partial charge in [0.2, 0.25) is 0 Å². The second-order valence-electron chi connectivity index (χ2n) is 3.49. The number of hydrogen-bond donors (Lipinski definition) is 1. The molecule has 0 aliphatic rings. The summed E-state index contributed by atoms with van der Waals surface area (Å²) in [4.78, 5) is 0. The molecule has 0 aliphatic heterocycles. The van der Waals surface area contributed by atoms with E-state index in [-0.39, 0.29) is 6.10 Å². The van der Waals surface area contributed by atoms with Crippen LogP contribution in [0.25, 0.3) is 0 Å². The summed E-state index contributed by atoms with van der Waals surface area (Å²) in [6.45, 7) is 4.33. The van der Waals surface area contributed by atoms with Gasteiger partial charge in [-0.05, 0) is 17.0 Å². The highest BCUT2D eigenvalue weighted by Crippen LogP contribution is 2.19. The van der Waals surface area contributed by atoms with Gasteiger partial charge in [-0.25, -0.2) is 0 Å². The number of aliphatic hydroxyl groups excluding tert-OH is 1. The van der Waals surface area contributed by atoms with Crippen LogP contribution in [0.4, 0.5) is 0 Å². The minimum absolute atomic E-state index is 0.388. The average molecular weight is 243 g/mol. The standard InChI is InChI=1S/C11H15BrO/c1-8(2)9-3-5-10(6-4-9)11(13)7-12/h3-6,8,11,13H,7H2,1-2H3. The summed E-state index contributed by atoms with van der Waals surface area (Å²) in [6, 6.07) is 8.13. The van der Waals surface area contributed by atoms with Gasteiger partial charge >= 0.3 is 0 Å². The van der Waals surface area contributed by atoms with Gasteiger partial charge in [0.15, 0.2) is 0 Å². The van der Waals surface area contributed by atoms with Crippen molar-refractivity contribution in [2.45, 2.75) is 25.9 Å². The predicted octanol–water partition coefficient (Wildman–Crippen LogP) is 3.24. The van der Waals surface area contributed by atoms with Crippen LogP contribution < -0.4 is 0 Å². The Bertz CT molecular complexity index is 253. The van der Waals surface area contributed by atoms with Crippen molar-refractivity contribution in [1.82, 2.24) is 0 Å². The molecule has 0 aliphatic carbocycles. The van der Waals surface area contributed by atoms with Gasteiger partial charge in [-0.3, -0.25) is 0 Å². The Morgan fingerprint density at radius 1 is 1.15 bits per heavy atom. The number of benzene rings is 1. The molecule has 1 N–H and O–H groups in total. The molecule has 0 saturated carbocycles. The molecule has 1 atom stereocenters. The van der Waals surface area contributed by atoms with Crippen LogP contribution in [-0.4, -0.2) is 10.4 Å². The van der Waals surface area contributed by atoms with E-state index in [4.69, 9.17) is 0 Å². The summed E-state index contributed by atoms with van der Waals surface area (Å²) >= 11 is 3.25. The molecule has 0 fully saturated rings. The molecule has 0 heterocycles. The lowest BCUT2D eigenvalue weighted by atomic mass is 10.0. The molecule has 72 valence electrons. The van der Waals surface area contributed by atoms with Gasteiger partial charge in [0.05, 0.1) is 6.10 Å². The monoisotopic (exact) mass is 242 g/mol. The summed E-state index contributed by atoms with van der Waals surface area (Å²) in [5.74, 6) is 0.551. The van der Waals surface area contributed by atoms with E-state index in [1.165, 1.54) is 5.56 Å². The highest BCUT2D eigenvalue weighted by atomic mass is 79.9. The topological polar surface area (TPSA) is 20.2 Å². The van der Waals surface area contributed by atoms with Crippen molar-refractivity contribution < 1.29 is 5.11 Å². The Morgan fingerprint density at radius 2 is 1.62 bits per heavy atom. The molecule has 1 aromatic carbocycles. The third-order valence-corrected chi connectivity index (χ3v) is 2.75. The zero-order chi connectivity index (χ0) is 9.84. The van der Waals surface area contributed by atoms with Gasteiger partial charge < -0.3 is 5.11 Å². The SMILES string of the molecule is CC(C)c1ccc(C(O)CBr)cc1. The van der Waals surface area contributed by atoms with E-state index in [2.05, 4.69) is 41.9 Å². The first kappa shape index (κ1) is 10.7. The number of hydrogen-bond acceptors (Lipinski definition) is 1. The van der Waals surface area contributed by atoms with Gasteiger partial charge in [0, 0.05) is 5.33 Å². The van der Waals surface area contributed by atoms with Crippen LogP contribution in [0.1, 0.15) is 37.0 Å². The fraction of sp³-hybridized carbons (Fsp3) is 0.455. The number of halogens is 1. The van der Waals surface area contributed by atoms with Crippen LogP contribution in [0.15, 0.2) is 24.3 Å². The summed E-state index contributed by atoms with van der Waals surface area (Å²) in [7, 11) is 0. The van der Waals surface area contributed by atoms with Crippen molar-refractivity contribution in [2.75, 3.05) is 5.33 Å². The largest absolute Gasteiger partial charge is 0.388 e. The molecular weight excluding hydrogens is 228 g/mol. The van der Waals surface area contributed by atoms with Gasteiger partial charge in [0.25, 0.3) is 0 Å². The minimum Gasteiger partial charge on any atom is -0.388 e. The molecule has 0 aromatic heterocycles. The number of aliphatic hydroxyl groups is 1. The van der Waals surface area contributed by atoms with Gasteiger partial charge in [-0.1, -0.05) is 54.0 Å². The highest BCUT2D eigenvalue weighted by molar-refractivity contribution is 9.09. The average Bonchev–Trinajstić information content (AvgIpc) is 2.17. The Balaban J connectivity index is 2.81. The van der Waals surface area contributed by atoms with Crippen LogP contribution in [0, 0.1) is 0 Å². The van der Waals surface area contributed by atoms with Crippen LogP contribution in [0.5, 0.6) is 0 Å². The smallest absolute Gasteiger partial charge is 0.0886 e. The molecule has 0 amide bonds. The van der Waals surface area contributed by atoms with E-state index in [1.807, 2.05) is 12.1 Å². The maximum Gasteiger partial charge on any atom is 0.0886 e. The molecule has 0 saturated heterocycles. The third kappa shape index (κ3) is 2.82. The Morgan fingerprint density at radius 3 is 2.00 bits per heavy atom. The summed E-state index contributed by atoms with van der Waals surface area (Å²) < 4.78 is 0. The van der Waals surface area contributed by atoms with Gasteiger partial charge in [-0.2, -0.15) is 0 Å². The zero-order valence-corrected chi connectivity index (χ0v) is 9.58. The van der Waals surface area contributed by atoms with E-state index >= 15 is 0 Å². The van der Waals surface area contributed by atoms with Crippen molar-refractivity contribution in [3.63, 3.8) is 0 Å². The highest BCUT2D eigenvalue weighted by Gasteiger charge is 2.05. The Kier molecular flexibility index (Phi) is 3.94. The van der Waals surface area contributed by atoms with Gasteiger partial charge in [0.1, 0.15) is 0 Å². The minimum atomic E-state index is -0.388. The number of rotatable bonds is 3. The van der Waals surface area contributed by atoms with E-state index in [0.717, 1.165) is 5.56 Å². The second-order valence-corrected chi connectivity index (χ2v) is 4.14. The quantitative estimate of drug-likeness (QED) is 0.808. The molecule has 0 spiro atoms. The van der Waals surface area contributed by atoms with Crippen LogP contribution in [0.3, 0.4) is 0 Å². The fourth-order valence-corrected chi connectivity index (χ4v) is 1.57. The molecular formula is C11H15BrO.